The largest absolute Gasteiger partial charge is 0.459 e. The molecule has 1 aromatic carbocycles. The molecule has 0 aliphatic heterocycles. The molecular formula is C19H23N7O3. The Hall–Kier alpha value is -3.56. The summed E-state index contributed by atoms with van der Waals surface area (Å²) < 4.78 is 6.90. The van der Waals surface area contributed by atoms with E-state index in [1.165, 1.54) is 4.80 Å². The van der Waals surface area contributed by atoms with Gasteiger partial charge in [0.2, 0.25) is 11.7 Å². The standard InChI is InChI=1S/C19H23N7O3/c1-11(2)29-19(28)15-8-6-7-14(9-15)18-21-24-26(23-18)10-16(27)20-17-12(3)22-25(5)13(17)4/h6-9,11H,10H2,1-5H3,(H,20,27). The van der Waals surface area contributed by atoms with Crippen LogP contribution in [0.3, 0.4) is 0 Å². The highest BCUT2D eigenvalue weighted by Crippen LogP contribution is 2.19. The highest BCUT2D eigenvalue weighted by molar-refractivity contribution is 5.92. The van der Waals surface area contributed by atoms with E-state index in [1.807, 2.05) is 20.9 Å². The van der Waals surface area contributed by atoms with E-state index in [1.54, 1.807) is 42.8 Å². The summed E-state index contributed by atoms with van der Waals surface area (Å²) in [6.45, 7) is 7.17. The summed E-state index contributed by atoms with van der Waals surface area (Å²) in [6.07, 6.45) is -0.212. The van der Waals surface area contributed by atoms with Crippen molar-refractivity contribution in [2.24, 2.45) is 7.05 Å². The number of rotatable bonds is 6. The number of tetrazole rings is 1. The van der Waals surface area contributed by atoms with Crippen LogP contribution in [0.15, 0.2) is 24.3 Å². The molecule has 29 heavy (non-hydrogen) atoms. The summed E-state index contributed by atoms with van der Waals surface area (Å²) in [5, 5.41) is 19.2. The summed E-state index contributed by atoms with van der Waals surface area (Å²) in [4.78, 5) is 25.6. The number of ether oxygens (including phenoxy) is 1. The highest BCUT2D eigenvalue weighted by atomic mass is 16.5. The van der Waals surface area contributed by atoms with Gasteiger partial charge in [0.15, 0.2) is 0 Å². The van der Waals surface area contributed by atoms with Gasteiger partial charge in [0.1, 0.15) is 6.54 Å². The number of carbonyl (C=O) groups excluding carboxylic acids is 2. The number of aromatic nitrogens is 6. The van der Waals surface area contributed by atoms with Crippen LogP contribution in [0.5, 0.6) is 0 Å². The molecule has 152 valence electrons. The molecule has 0 spiro atoms. The van der Waals surface area contributed by atoms with Gasteiger partial charge in [-0.25, -0.2) is 4.79 Å². The van der Waals surface area contributed by atoms with Crippen LogP contribution in [0.1, 0.15) is 35.6 Å². The lowest BCUT2D eigenvalue weighted by Gasteiger charge is -2.08. The van der Waals surface area contributed by atoms with Gasteiger partial charge >= 0.3 is 5.97 Å². The van der Waals surface area contributed by atoms with E-state index in [-0.39, 0.29) is 18.6 Å². The van der Waals surface area contributed by atoms with E-state index >= 15 is 0 Å². The number of anilines is 1. The third-order valence-electron chi connectivity index (χ3n) is 4.21. The van der Waals surface area contributed by atoms with Crippen molar-refractivity contribution in [2.75, 3.05) is 5.32 Å². The van der Waals surface area contributed by atoms with E-state index < -0.39 is 5.97 Å². The molecule has 0 aliphatic carbocycles. The predicted octanol–water partition coefficient (Wildman–Crippen LogP) is 1.89. The Labute approximate surface area is 167 Å². The maximum atomic E-state index is 12.3. The number of amides is 1. The van der Waals surface area contributed by atoms with Crippen molar-refractivity contribution in [3.63, 3.8) is 0 Å². The van der Waals surface area contributed by atoms with Crippen LogP contribution < -0.4 is 5.32 Å². The van der Waals surface area contributed by atoms with Crippen molar-refractivity contribution in [1.29, 1.82) is 0 Å². The van der Waals surface area contributed by atoms with Crippen LogP contribution in [-0.2, 0) is 23.1 Å². The topological polar surface area (TPSA) is 117 Å². The fourth-order valence-corrected chi connectivity index (χ4v) is 2.76. The molecule has 3 rings (SSSR count). The smallest absolute Gasteiger partial charge is 0.338 e. The molecule has 1 amide bonds. The first-order chi connectivity index (χ1) is 13.7. The lowest BCUT2D eigenvalue weighted by atomic mass is 10.1. The van der Waals surface area contributed by atoms with E-state index in [0.717, 1.165) is 11.4 Å². The Morgan fingerprint density at radius 3 is 2.62 bits per heavy atom. The molecular weight excluding hydrogens is 374 g/mol. The molecule has 10 heteroatoms. The zero-order valence-corrected chi connectivity index (χ0v) is 17.0. The predicted molar refractivity (Wildman–Crippen MR) is 105 cm³/mol. The Balaban J connectivity index is 1.71. The van der Waals surface area contributed by atoms with Crippen LogP contribution >= 0.6 is 0 Å². The molecule has 0 radical (unpaired) electrons. The maximum Gasteiger partial charge on any atom is 0.338 e. The van der Waals surface area contributed by atoms with E-state index in [4.69, 9.17) is 4.74 Å². The lowest BCUT2D eigenvalue weighted by Crippen LogP contribution is -2.21. The second-order valence-electron chi connectivity index (χ2n) is 6.90. The van der Waals surface area contributed by atoms with Gasteiger partial charge in [0, 0.05) is 12.6 Å². The van der Waals surface area contributed by atoms with Crippen molar-refractivity contribution in [3.05, 3.63) is 41.2 Å². The first-order valence-electron chi connectivity index (χ1n) is 9.14. The number of hydrogen-bond acceptors (Lipinski definition) is 7. The van der Waals surface area contributed by atoms with Gasteiger partial charge in [-0.1, -0.05) is 12.1 Å². The quantitative estimate of drug-likeness (QED) is 0.631. The van der Waals surface area contributed by atoms with Crippen LogP contribution in [-0.4, -0.2) is 48.0 Å². The average molecular weight is 397 g/mol. The SMILES string of the molecule is Cc1nn(C)c(C)c1NC(=O)Cn1nnc(-c2cccc(C(=O)OC(C)C)c2)n1. The molecule has 2 aromatic heterocycles. The highest BCUT2D eigenvalue weighted by Gasteiger charge is 2.16. The summed E-state index contributed by atoms with van der Waals surface area (Å²) >= 11 is 0. The minimum absolute atomic E-state index is 0.101. The Bertz CT molecular complexity index is 1050. The Kier molecular flexibility index (Phi) is 5.71. The van der Waals surface area contributed by atoms with E-state index in [2.05, 4.69) is 25.8 Å². The number of aryl methyl sites for hydroxylation is 2. The zero-order chi connectivity index (χ0) is 21.1. The molecule has 0 bridgehead atoms. The van der Waals surface area contributed by atoms with Gasteiger partial charge in [0.05, 0.1) is 28.7 Å². The number of carbonyl (C=O) groups is 2. The van der Waals surface area contributed by atoms with Crippen LogP contribution in [0, 0.1) is 13.8 Å². The van der Waals surface area contributed by atoms with Gasteiger partial charge in [-0.3, -0.25) is 9.48 Å². The number of nitrogens with one attached hydrogen (secondary N) is 1. The number of benzene rings is 1. The van der Waals surface area contributed by atoms with Crippen molar-refractivity contribution < 1.29 is 14.3 Å². The first kappa shape index (κ1) is 20.2. The summed E-state index contributed by atoms with van der Waals surface area (Å²) in [5.41, 5.74) is 3.26. The van der Waals surface area contributed by atoms with Crippen LogP contribution in [0.25, 0.3) is 11.4 Å². The summed E-state index contributed by atoms with van der Waals surface area (Å²) in [6, 6.07) is 6.77. The molecule has 0 unspecified atom stereocenters. The van der Waals surface area contributed by atoms with E-state index in [0.29, 0.717) is 22.6 Å². The molecule has 0 atom stereocenters. The third-order valence-corrected chi connectivity index (χ3v) is 4.21. The second-order valence-corrected chi connectivity index (χ2v) is 6.90. The molecule has 3 aromatic rings. The van der Waals surface area contributed by atoms with Crippen molar-refractivity contribution in [1.82, 2.24) is 30.0 Å². The van der Waals surface area contributed by atoms with Crippen molar-refractivity contribution >= 4 is 17.6 Å². The molecule has 0 fully saturated rings. The average Bonchev–Trinajstić information content (AvgIpc) is 3.21. The monoisotopic (exact) mass is 397 g/mol. The minimum Gasteiger partial charge on any atom is -0.459 e. The number of esters is 1. The summed E-state index contributed by atoms with van der Waals surface area (Å²) in [5.74, 6) is -0.399. The van der Waals surface area contributed by atoms with Gasteiger partial charge in [-0.2, -0.15) is 9.90 Å². The normalized spacial score (nSPS) is 11.0. The van der Waals surface area contributed by atoms with Gasteiger partial charge < -0.3 is 10.1 Å². The number of nitrogens with zero attached hydrogens (tertiary/aromatic N) is 6. The Morgan fingerprint density at radius 2 is 1.97 bits per heavy atom. The molecule has 10 nitrogen and oxygen atoms in total. The molecule has 0 aliphatic rings. The van der Waals surface area contributed by atoms with Crippen LogP contribution in [0.2, 0.25) is 0 Å². The fourth-order valence-electron chi connectivity index (χ4n) is 2.76. The van der Waals surface area contributed by atoms with Crippen LogP contribution in [0.4, 0.5) is 5.69 Å². The molecule has 0 saturated heterocycles. The minimum atomic E-state index is -0.421. The van der Waals surface area contributed by atoms with Crippen molar-refractivity contribution in [2.45, 2.75) is 40.3 Å². The van der Waals surface area contributed by atoms with Gasteiger partial charge in [-0.05, 0) is 45.0 Å². The number of hydrogen-bond donors (Lipinski definition) is 1. The first-order valence-corrected chi connectivity index (χ1v) is 9.14. The van der Waals surface area contributed by atoms with Gasteiger partial charge in [0.25, 0.3) is 0 Å². The van der Waals surface area contributed by atoms with Crippen molar-refractivity contribution in [3.8, 4) is 11.4 Å². The third kappa shape index (κ3) is 4.65. The Morgan fingerprint density at radius 1 is 1.21 bits per heavy atom. The second kappa shape index (κ2) is 8.21. The molecule has 0 saturated carbocycles. The fraction of sp³-hybridized carbons (Fsp3) is 0.368. The maximum absolute atomic E-state index is 12.3. The van der Waals surface area contributed by atoms with E-state index in [9.17, 15) is 9.59 Å². The molecule has 1 N–H and O–H groups in total. The molecule has 2 heterocycles. The summed E-state index contributed by atoms with van der Waals surface area (Å²) in [7, 11) is 1.81. The van der Waals surface area contributed by atoms with Gasteiger partial charge in [-0.15, -0.1) is 10.2 Å². The lowest BCUT2D eigenvalue weighted by molar-refractivity contribution is -0.117. The zero-order valence-electron chi connectivity index (χ0n) is 17.0.